The lowest BCUT2D eigenvalue weighted by atomic mass is 9.94. The molecule has 4 aliphatic rings. The molecule has 2 unspecified atom stereocenters. The van der Waals surface area contributed by atoms with Crippen molar-refractivity contribution in [2.75, 3.05) is 26.2 Å². The van der Waals surface area contributed by atoms with Crippen LogP contribution in [0.4, 0.5) is 4.79 Å². The molecule has 2 aromatic rings. The van der Waals surface area contributed by atoms with Gasteiger partial charge in [-0.1, -0.05) is 55.0 Å². The van der Waals surface area contributed by atoms with E-state index in [1.807, 2.05) is 24.3 Å². The summed E-state index contributed by atoms with van der Waals surface area (Å²) in [6.45, 7) is 1.54. The van der Waals surface area contributed by atoms with E-state index in [2.05, 4.69) is 29.6 Å². The number of piperidine rings is 1. The molecule has 2 aromatic carbocycles. The number of likely N-dealkylation sites (tertiary alicyclic amines) is 1. The van der Waals surface area contributed by atoms with Crippen LogP contribution >= 0.6 is 0 Å². The summed E-state index contributed by atoms with van der Waals surface area (Å²) < 4.78 is 5.64. The largest absolute Gasteiger partial charge is 0.481 e. The molecule has 7 nitrogen and oxygen atoms in total. The number of amides is 2. The van der Waals surface area contributed by atoms with Gasteiger partial charge in [-0.3, -0.25) is 9.59 Å². The highest BCUT2D eigenvalue weighted by Crippen LogP contribution is 2.58. The Hall–Kier alpha value is -3.35. The van der Waals surface area contributed by atoms with Crippen molar-refractivity contribution >= 4 is 18.0 Å². The Bertz CT molecular complexity index is 1150. The van der Waals surface area contributed by atoms with Crippen LogP contribution in [-0.2, 0) is 14.3 Å². The van der Waals surface area contributed by atoms with Crippen molar-refractivity contribution in [2.45, 2.75) is 31.6 Å². The zero-order valence-corrected chi connectivity index (χ0v) is 19.6. The number of ether oxygens (including phenoxy) is 1. The Kier molecular flexibility index (Phi) is 5.31. The highest BCUT2D eigenvalue weighted by Gasteiger charge is 2.66. The molecule has 0 bridgehead atoms. The minimum Gasteiger partial charge on any atom is -0.481 e. The third-order valence-corrected chi connectivity index (χ3v) is 8.71. The Morgan fingerprint density at radius 3 is 2.37 bits per heavy atom. The number of carboxylic acid groups (broad SMARTS) is 1. The standard InChI is InChI=1S/C28H30N2O5/c31-25(30-14-18-12-28(18,16-30)26(32)33)19-11-5-6-17(19)13-29-27(34)35-15-24-22-9-3-1-7-20(22)21-8-2-4-10-23(21)24/h1-4,7-10,17-19,24H,5-6,11-16H2,(H,29,34)(H,32,33)/t17-,18?,19-,28?/m1/s1. The van der Waals surface area contributed by atoms with E-state index in [0.717, 1.165) is 19.3 Å². The van der Waals surface area contributed by atoms with Crippen LogP contribution in [0.15, 0.2) is 48.5 Å². The molecule has 1 aliphatic heterocycles. The number of carbonyl (C=O) groups is 3. The van der Waals surface area contributed by atoms with Gasteiger partial charge in [0, 0.05) is 31.5 Å². The quantitative estimate of drug-likeness (QED) is 0.663. The molecular weight excluding hydrogens is 444 g/mol. The van der Waals surface area contributed by atoms with E-state index in [1.165, 1.54) is 22.3 Å². The van der Waals surface area contributed by atoms with E-state index in [4.69, 9.17) is 4.74 Å². The van der Waals surface area contributed by atoms with E-state index in [0.29, 0.717) is 26.1 Å². The fourth-order valence-corrected chi connectivity index (χ4v) is 6.69. The maximum absolute atomic E-state index is 13.2. The van der Waals surface area contributed by atoms with E-state index < -0.39 is 17.5 Å². The molecular formula is C28H30N2O5. The fourth-order valence-electron chi connectivity index (χ4n) is 6.69. The van der Waals surface area contributed by atoms with Gasteiger partial charge in [0.2, 0.25) is 5.91 Å². The highest BCUT2D eigenvalue weighted by molar-refractivity contribution is 5.85. The topological polar surface area (TPSA) is 95.9 Å². The number of hydrogen-bond acceptors (Lipinski definition) is 4. The van der Waals surface area contributed by atoms with E-state index >= 15 is 0 Å². The van der Waals surface area contributed by atoms with Gasteiger partial charge in [-0.05, 0) is 53.4 Å². The van der Waals surface area contributed by atoms with Gasteiger partial charge < -0.3 is 20.1 Å². The number of fused-ring (bicyclic) bond motifs is 4. The molecule has 1 saturated heterocycles. The molecule has 2 amide bonds. The number of alkyl carbamates (subject to hydrolysis) is 1. The first-order chi connectivity index (χ1) is 17.0. The van der Waals surface area contributed by atoms with Crippen LogP contribution in [0, 0.1) is 23.2 Å². The van der Waals surface area contributed by atoms with Gasteiger partial charge in [0.15, 0.2) is 0 Å². The van der Waals surface area contributed by atoms with Crippen LogP contribution in [0.3, 0.4) is 0 Å². The van der Waals surface area contributed by atoms with E-state index in [1.54, 1.807) is 4.90 Å². The Morgan fingerprint density at radius 2 is 1.71 bits per heavy atom. The average molecular weight is 475 g/mol. The molecule has 7 heteroatoms. The Morgan fingerprint density at radius 1 is 1.03 bits per heavy atom. The minimum atomic E-state index is -0.780. The number of nitrogens with zero attached hydrogens (tertiary/aromatic N) is 1. The number of carboxylic acids is 1. The summed E-state index contributed by atoms with van der Waals surface area (Å²) in [5, 5.41) is 12.4. The second-order valence-corrected chi connectivity index (χ2v) is 10.6. The van der Waals surface area contributed by atoms with Crippen molar-refractivity contribution in [2.24, 2.45) is 23.2 Å². The van der Waals surface area contributed by atoms with Gasteiger partial charge in [-0.15, -0.1) is 0 Å². The molecule has 4 atom stereocenters. The molecule has 0 aromatic heterocycles. The highest BCUT2D eigenvalue weighted by atomic mass is 16.5. The summed E-state index contributed by atoms with van der Waals surface area (Å²) >= 11 is 0. The van der Waals surface area contributed by atoms with Crippen LogP contribution in [0.5, 0.6) is 0 Å². The molecule has 3 fully saturated rings. The van der Waals surface area contributed by atoms with Gasteiger partial charge in [-0.2, -0.15) is 0 Å². The second kappa shape index (κ2) is 8.40. The lowest BCUT2D eigenvalue weighted by Gasteiger charge is -2.26. The van der Waals surface area contributed by atoms with Gasteiger partial charge in [-0.25, -0.2) is 4.79 Å². The van der Waals surface area contributed by atoms with Crippen LogP contribution in [0.1, 0.15) is 42.7 Å². The molecule has 3 aliphatic carbocycles. The molecule has 1 heterocycles. The first-order valence-electron chi connectivity index (χ1n) is 12.6. The van der Waals surface area contributed by atoms with Crippen molar-refractivity contribution in [3.63, 3.8) is 0 Å². The summed E-state index contributed by atoms with van der Waals surface area (Å²) in [4.78, 5) is 39.1. The Balaban J connectivity index is 1.03. The normalized spacial score (nSPS) is 28.2. The number of carbonyl (C=O) groups excluding carboxylic acids is 2. The maximum Gasteiger partial charge on any atom is 0.407 e. The maximum atomic E-state index is 13.2. The van der Waals surface area contributed by atoms with Crippen molar-refractivity contribution in [3.8, 4) is 11.1 Å². The number of aliphatic carboxylic acids is 1. The first-order valence-corrected chi connectivity index (χ1v) is 12.6. The predicted octanol–water partition coefficient (Wildman–Crippen LogP) is 3.87. The summed E-state index contributed by atoms with van der Waals surface area (Å²) in [7, 11) is 0. The van der Waals surface area contributed by atoms with Crippen LogP contribution < -0.4 is 5.32 Å². The van der Waals surface area contributed by atoms with Crippen LogP contribution in [0.2, 0.25) is 0 Å². The minimum absolute atomic E-state index is 0.0112. The molecule has 0 radical (unpaired) electrons. The summed E-state index contributed by atoms with van der Waals surface area (Å²) in [6, 6.07) is 16.5. The van der Waals surface area contributed by atoms with Crippen molar-refractivity contribution in [1.29, 1.82) is 0 Å². The number of benzene rings is 2. The molecule has 2 saturated carbocycles. The SMILES string of the molecule is O=C(NC[C@H]1CCC[C@H]1C(=O)N1CC2CC2(C(=O)O)C1)OCC1c2ccccc2-c2ccccc21. The van der Waals surface area contributed by atoms with Crippen molar-refractivity contribution < 1.29 is 24.2 Å². The first kappa shape index (κ1) is 22.1. The zero-order chi connectivity index (χ0) is 24.2. The summed E-state index contributed by atoms with van der Waals surface area (Å²) in [6.07, 6.45) is 2.83. The Labute approximate surface area is 204 Å². The zero-order valence-electron chi connectivity index (χ0n) is 19.6. The number of rotatable bonds is 6. The second-order valence-electron chi connectivity index (χ2n) is 10.6. The summed E-state index contributed by atoms with van der Waals surface area (Å²) in [5.74, 6) is -0.722. The van der Waals surface area contributed by atoms with Crippen molar-refractivity contribution in [1.82, 2.24) is 10.2 Å². The smallest absolute Gasteiger partial charge is 0.407 e. The summed E-state index contributed by atoms with van der Waals surface area (Å²) in [5.41, 5.74) is 4.02. The molecule has 0 spiro atoms. The van der Waals surface area contributed by atoms with Gasteiger partial charge in [0.25, 0.3) is 0 Å². The van der Waals surface area contributed by atoms with Crippen LogP contribution in [0.25, 0.3) is 11.1 Å². The average Bonchev–Trinajstić information content (AvgIpc) is 3.20. The monoisotopic (exact) mass is 474 g/mol. The number of hydrogen-bond donors (Lipinski definition) is 2. The third kappa shape index (κ3) is 3.68. The predicted molar refractivity (Wildman–Crippen MR) is 129 cm³/mol. The lowest BCUT2D eigenvalue weighted by Crippen LogP contribution is -2.41. The molecule has 6 rings (SSSR count). The molecule has 35 heavy (non-hydrogen) atoms. The molecule has 182 valence electrons. The van der Waals surface area contributed by atoms with Gasteiger partial charge >= 0.3 is 12.1 Å². The lowest BCUT2D eigenvalue weighted by molar-refractivity contribution is -0.144. The number of nitrogens with one attached hydrogen (secondary N) is 1. The third-order valence-electron chi connectivity index (χ3n) is 8.71. The molecule has 2 N–H and O–H groups in total. The fraction of sp³-hybridized carbons (Fsp3) is 0.464. The van der Waals surface area contributed by atoms with E-state index in [9.17, 15) is 19.5 Å². The van der Waals surface area contributed by atoms with Crippen molar-refractivity contribution in [3.05, 3.63) is 59.7 Å². The van der Waals surface area contributed by atoms with E-state index in [-0.39, 0.29) is 36.2 Å². The van der Waals surface area contributed by atoms with Crippen LogP contribution in [-0.4, -0.2) is 54.2 Å². The van der Waals surface area contributed by atoms with Gasteiger partial charge in [0.1, 0.15) is 6.61 Å². The van der Waals surface area contributed by atoms with Gasteiger partial charge in [0.05, 0.1) is 5.41 Å².